The van der Waals surface area contributed by atoms with Crippen molar-refractivity contribution in [2.75, 3.05) is 0 Å². The summed E-state index contributed by atoms with van der Waals surface area (Å²) in [6.07, 6.45) is 2.14. The molecule has 0 aliphatic carbocycles. The molecule has 0 heterocycles. The van der Waals surface area contributed by atoms with Crippen LogP contribution in [0.2, 0.25) is 0 Å². The Bertz CT molecular complexity index is 1110. The number of hydrogen-bond acceptors (Lipinski definition) is 1. The van der Waals surface area contributed by atoms with Crippen molar-refractivity contribution < 1.29 is 5.02 Å². The van der Waals surface area contributed by atoms with E-state index in [0.717, 1.165) is 29.3 Å². The quantitative estimate of drug-likeness (QED) is 0.340. The SMILES string of the molecule is CC(C)(C)CC(C)(C)c1cccc(C(C)(C)CC(C)(C)C)c1-c1ccccc1B(O)c1ccccc1. The van der Waals surface area contributed by atoms with Crippen LogP contribution in [0.1, 0.15) is 93.2 Å². The number of hydrogen-bond donors (Lipinski definition) is 1. The average Bonchev–Trinajstić information content (AvgIpc) is 2.75. The number of benzene rings is 3. The monoisotopic (exact) mass is 482 g/mol. The van der Waals surface area contributed by atoms with Crippen molar-refractivity contribution in [2.24, 2.45) is 10.8 Å². The molecule has 0 bridgehead atoms. The van der Waals surface area contributed by atoms with Crippen molar-refractivity contribution in [1.29, 1.82) is 0 Å². The van der Waals surface area contributed by atoms with Gasteiger partial charge in [-0.25, -0.2) is 0 Å². The highest BCUT2D eigenvalue weighted by Gasteiger charge is 2.36. The molecular weight excluding hydrogens is 435 g/mol. The lowest BCUT2D eigenvalue weighted by molar-refractivity contribution is 0.279. The Hall–Kier alpha value is -2.32. The second-order valence-electron chi connectivity index (χ2n) is 14.4. The highest BCUT2D eigenvalue weighted by Crippen LogP contribution is 2.46. The first-order valence-corrected chi connectivity index (χ1v) is 13.5. The van der Waals surface area contributed by atoms with E-state index in [1.807, 2.05) is 36.4 Å². The van der Waals surface area contributed by atoms with Crippen LogP contribution in [-0.2, 0) is 10.8 Å². The molecule has 0 saturated carbocycles. The molecule has 192 valence electrons. The zero-order valence-electron chi connectivity index (χ0n) is 24.4. The lowest BCUT2D eigenvalue weighted by atomic mass is 9.53. The molecule has 0 radical (unpaired) electrons. The molecule has 2 heteroatoms. The molecule has 0 aliphatic rings. The minimum atomic E-state index is -0.681. The van der Waals surface area contributed by atoms with Gasteiger partial charge in [0.1, 0.15) is 0 Å². The van der Waals surface area contributed by atoms with Gasteiger partial charge in [-0.3, -0.25) is 0 Å². The van der Waals surface area contributed by atoms with Gasteiger partial charge in [0.15, 0.2) is 0 Å². The van der Waals surface area contributed by atoms with Crippen molar-refractivity contribution >= 4 is 17.8 Å². The molecule has 1 nitrogen and oxygen atoms in total. The predicted molar refractivity (Wildman–Crippen MR) is 160 cm³/mol. The van der Waals surface area contributed by atoms with E-state index >= 15 is 0 Å². The van der Waals surface area contributed by atoms with Crippen LogP contribution in [0, 0.1) is 10.8 Å². The first-order valence-electron chi connectivity index (χ1n) is 13.5. The molecule has 0 fully saturated rings. The summed E-state index contributed by atoms with van der Waals surface area (Å²) in [4.78, 5) is 0. The average molecular weight is 483 g/mol. The Morgan fingerprint density at radius 1 is 0.556 bits per heavy atom. The Balaban J connectivity index is 2.35. The lowest BCUT2D eigenvalue weighted by Gasteiger charge is -2.39. The van der Waals surface area contributed by atoms with E-state index < -0.39 is 6.92 Å². The maximum absolute atomic E-state index is 11.6. The van der Waals surface area contributed by atoms with Crippen LogP contribution >= 0.6 is 0 Å². The van der Waals surface area contributed by atoms with Crippen molar-refractivity contribution in [3.8, 4) is 11.1 Å². The topological polar surface area (TPSA) is 20.2 Å². The molecule has 36 heavy (non-hydrogen) atoms. The predicted octanol–water partition coefficient (Wildman–Crippen LogP) is 7.88. The van der Waals surface area contributed by atoms with Crippen LogP contribution in [-0.4, -0.2) is 11.9 Å². The summed E-state index contributed by atoms with van der Waals surface area (Å²) < 4.78 is 0. The van der Waals surface area contributed by atoms with Gasteiger partial charge in [0.05, 0.1) is 0 Å². The summed E-state index contributed by atoms with van der Waals surface area (Å²) in [6, 6.07) is 25.4. The van der Waals surface area contributed by atoms with Crippen molar-refractivity contribution in [1.82, 2.24) is 0 Å². The fourth-order valence-electron chi connectivity index (χ4n) is 6.59. The van der Waals surface area contributed by atoms with Crippen LogP contribution < -0.4 is 10.9 Å². The molecule has 3 rings (SSSR count). The fraction of sp³-hybridized carbons (Fsp3) is 0.471. The third-order valence-electron chi connectivity index (χ3n) is 7.11. The van der Waals surface area contributed by atoms with Crippen molar-refractivity contribution in [2.45, 2.75) is 92.9 Å². The third-order valence-corrected chi connectivity index (χ3v) is 7.11. The van der Waals surface area contributed by atoms with Crippen LogP contribution in [0.3, 0.4) is 0 Å². The molecule has 0 atom stereocenters. The highest BCUT2D eigenvalue weighted by molar-refractivity contribution is 6.80. The van der Waals surface area contributed by atoms with Gasteiger partial charge in [0, 0.05) is 0 Å². The Morgan fingerprint density at radius 3 is 1.47 bits per heavy atom. The van der Waals surface area contributed by atoms with E-state index in [-0.39, 0.29) is 21.7 Å². The maximum atomic E-state index is 11.6. The minimum Gasteiger partial charge on any atom is -0.443 e. The van der Waals surface area contributed by atoms with Gasteiger partial charge < -0.3 is 5.02 Å². The normalized spacial score (nSPS) is 13.1. The summed E-state index contributed by atoms with van der Waals surface area (Å²) >= 11 is 0. The molecule has 3 aromatic rings. The zero-order valence-corrected chi connectivity index (χ0v) is 24.4. The Morgan fingerprint density at radius 2 is 1.00 bits per heavy atom. The Labute approximate surface area is 221 Å². The Kier molecular flexibility index (Phi) is 8.02. The first-order chi connectivity index (χ1) is 16.5. The van der Waals surface area contributed by atoms with Crippen LogP contribution in [0.4, 0.5) is 0 Å². The first kappa shape index (κ1) is 28.3. The summed E-state index contributed by atoms with van der Waals surface area (Å²) in [5, 5.41) is 11.6. The molecule has 3 aromatic carbocycles. The molecular formula is C34H47BO. The standard InChI is InChI=1S/C34H47BO/c1-31(2,3)23-33(7,8)27-20-16-21-28(34(9,10)24-32(4,5)6)30(27)26-19-14-15-22-29(26)35(36)25-17-12-11-13-18-25/h11-22,36H,23-24H2,1-10H3. The van der Waals surface area contributed by atoms with Crippen LogP contribution in [0.15, 0.2) is 72.8 Å². The second-order valence-corrected chi connectivity index (χ2v) is 14.4. The summed E-state index contributed by atoms with van der Waals surface area (Å²) in [5.74, 6) is 0. The highest BCUT2D eigenvalue weighted by atomic mass is 16.2. The van der Waals surface area contributed by atoms with E-state index in [4.69, 9.17) is 0 Å². The smallest absolute Gasteiger partial charge is 0.359 e. The molecule has 0 amide bonds. The molecule has 0 aromatic heterocycles. The summed E-state index contributed by atoms with van der Waals surface area (Å²) in [6.45, 7) is 22.8. The van der Waals surface area contributed by atoms with Gasteiger partial charge in [0.25, 0.3) is 0 Å². The van der Waals surface area contributed by atoms with E-state index in [9.17, 15) is 5.02 Å². The van der Waals surface area contributed by atoms with Crippen molar-refractivity contribution in [3.63, 3.8) is 0 Å². The van der Waals surface area contributed by atoms with Crippen molar-refractivity contribution in [3.05, 3.63) is 83.9 Å². The molecule has 0 aliphatic heterocycles. The fourth-order valence-corrected chi connectivity index (χ4v) is 6.59. The van der Waals surface area contributed by atoms with E-state index in [1.54, 1.807) is 0 Å². The van der Waals surface area contributed by atoms with Gasteiger partial charge in [-0.2, -0.15) is 0 Å². The van der Waals surface area contributed by atoms with Crippen LogP contribution in [0.5, 0.6) is 0 Å². The van der Waals surface area contributed by atoms with Gasteiger partial charge in [-0.15, -0.1) is 0 Å². The van der Waals surface area contributed by atoms with Gasteiger partial charge in [0.2, 0.25) is 0 Å². The summed E-state index contributed by atoms with van der Waals surface area (Å²) in [5.41, 5.74) is 7.38. The van der Waals surface area contributed by atoms with Gasteiger partial charge >= 0.3 is 6.92 Å². The molecule has 1 N–H and O–H groups in total. The number of rotatable bonds is 7. The lowest BCUT2D eigenvalue weighted by Crippen LogP contribution is -2.43. The summed E-state index contributed by atoms with van der Waals surface area (Å²) in [7, 11) is 0. The zero-order chi connectivity index (χ0) is 26.9. The van der Waals surface area contributed by atoms with E-state index in [0.29, 0.717) is 0 Å². The second kappa shape index (κ2) is 10.2. The molecule has 0 spiro atoms. The van der Waals surface area contributed by atoms with Gasteiger partial charge in [-0.1, -0.05) is 142 Å². The van der Waals surface area contributed by atoms with Crippen LogP contribution in [0.25, 0.3) is 11.1 Å². The molecule has 0 unspecified atom stereocenters. The third kappa shape index (κ3) is 6.71. The van der Waals surface area contributed by atoms with E-state index in [2.05, 4.69) is 106 Å². The largest absolute Gasteiger partial charge is 0.443 e. The van der Waals surface area contributed by atoms with Gasteiger partial charge in [-0.05, 0) is 67.7 Å². The molecule has 0 saturated heterocycles. The maximum Gasteiger partial charge on any atom is 0.359 e. The minimum absolute atomic E-state index is 0.0355. The van der Waals surface area contributed by atoms with E-state index in [1.165, 1.54) is 16.7 Å².